The van der Waals surface area contributed by atoms with Crippen LogP contribution < -0.4 is 5.56 Å². The Kier molecular flexibility index (Phi) is 1.37. The van der Waals surface area contributed by atoms with E-state index in [9.17, 15) is 4.79 Å². The number of fused-ring (bicyclic) bond motifs is 3. The topological polar surface area (TPSA) is 34.9 Å². The summed E-state index contributed by atoms with van der Waals surface area (Å²) in [5.74, 6) is 1.02. The summed E-state index contributed by atoms with van der Waals surface area (Å²) in [4.78, 5) is 15.7. The molecule has 0 aromatic carbocycles. The van der Waals surface area contributed by atoms with Crippen LogP contribution >= 0.6 is 0 Å². The van der Waals surface area contributed by atoms with Gasteiger partial charge in [0.1, 0.15) is 5.82 Å². The van der Waals surface area contributed by atoms with Crippen LogP contribution in [0.5, 0.6) is 0 Å². The molecule has 2 heterocycles. The van der Waals surface area contributed by atoms with Crippen LogP contribution in [0.15, 0.2) is 4.79 Å². The van der Waals surface area contributed by atoms with E-state index in [1.54, 1.807) is 0 Å². The molecule has 0 unspecified atom stereocenters. The molecule has 0 amide bonds. The number of nitrogens with zero attached hydrogens (tertiary/aromatic N) is 2. The average Bonchev–Trinajstić information content (AvgIpc) is 2.66. The minimum atomic E-state index is 0.0423. The SMILES string of the molecule is O=c1nc2n(c3c1CCC3)CCC2. The van der Waals surface area contributed by atoms with E-state index in [0.717, 1.165) is 50.0 Å². The molecule has 0 bridgehead atoms. The van der Waals surface area contributed by atoms with Gasteiger partial charge < -0.3 is 4.57 Å². The molecule has 1 aromatic heterocycles. The van der Waals surface area contributed by atoms with Crippen molar-refractivity contribution in [2.75, 3.05) is 0 Å². The number of rotatable bonds is 0. The first kappa shape index (κ1) is 7.30. The number of hydrogen-bond acceptors (Lipinski definition) is 2. The summed E-state index contributed by atoms with van der Waals surface area (Å²) in [7, 11) is 0. The van der Waals surface area contributed by atoms with Crippen molar-refractivity contribution in [1.29, 1.82) is 0 Å². The van der Waals surface area contributed by atoms with E-state index in [4.69, 9.17) is 0 Å². The minimum Gasteiger partial charge on any atom is -0.333 e. The maximum absolute atomic E-state index is 11.5. The highest BCUT2D eigenvalue weighted by Gasteiger charge is 2.23. The molecular weight excluding hydrogens is 164 g/mol. The first-order valence-corrected chi connectivity index (χ1v) is 4.98. The van der Waals surface area contributed by atoms with Crippen LogP contribution in [0.1, 0.15) is 29.9 Å². The van der Waals surface area contributed by atoms with Crippen LogP contribution in [-0.4, -0.2) is 9.55 Å². The fraction of sp³-hybridized carbons (Fsp3) is 0.600. The van der Waals surface area contributed by atoms with E-state index >= 15 is 0 Å². The summed E-state index contributed by atoms with van der Waals surface area (Å²) in [6.45, 7) is 1.07. The second-order valence-corrected chi connectivity index (χ2v) is 3.87. The molecular formula is C10H12N2O. The van der Waals surface area contributed by atoms with Crippen molar-refractivity contribution in [2.24, 2.45) is 0 Å². The zero-order valence-corrected chi connectivity index (χ0v) is 7.55. The summed E-state index contributed by atoms with van der Waals surface area (Å²) in [6, 6.07) is 0. The van der Waals surface area contributed by atoms with Crippen LogP contribution in [0.3, 0.4) is 0 Å². The van der Waals surface area contributed by atoms with E-state index in [-0.39, 0.29) is 5.56 Å². The minimum absolute atomic E-state index is 0.0423. The molecule has 0 saturated heterocycles. The lowest BCUT2D eigenvalue weighted by Gasteiger charge is -2.08. The van der Waals surface area contributed by atoms with Gasteiger partial charge in [0.2, 0.25) is 0 Å². The van der Waals surface area contributed by atoms with E-state index < -0.39 is 0 Å². The number of hydrogen-bond donors (Lipinski definition) is 0. The highest BCUT2D eigenvalue weighted by atomic mass is 16.1. The Balaban J connectivity index is 2.34. The Morgan fingerprint density at radius 1 is 1.15 bits per heavy atom. The van der Waals surface area contributed by atoms with Crippen molar-refractivity contribution in [3.63, 3.8) is 0 Å². The lowest BCUT2D eigenvalue weighted by Crippen LogP contribution is -2.20. The molecule has 68 valence electrons. The molecule has 13 heavy (non-hydrogen) atoms. The van der Waals surface area contributed by atoms with Crippen molar-refractivity contribution in [1.82, 2.24) is 9.55 Å². The van der Waals surface area contributed by atoms with Gasteiger partial charge in [-0.3, -0.25) is 4.79 Å². The smallest absolute Gasteiger partial charge is 0.276 e. The average molecular weight is 176 g/mol. The summed E-state index contributed by atoms with van der Waals surface area (Å²) < 4.78 is 2.27. The van der Waals surface area contributed by atoms with Crippen LogP contribution in [0.2, 0.25) is 0 Å². The fourth-order valence-electron chi connectivity index (χ4n) is 2.51. The van der Waals surface area contributed by atoms with Gasteiger partial charge in [0.25, 0.3) is 5.56 Å². The third-order valence-electron chi connectivity index (χ3n) is 3.10. The van der Waals surface area contributed by atoms with E-state index in [2.05, 4.69) is 9.55 Å². The third-order valence-corrected chi connectivity index (χ3v) is 3.10. The third kappa shape index (κ3) is 0.900. The van der Waals surface area contributed by atoms with Crippen molar-refractivity contribution in [3.8, 4) is 0 Å². The molecule has 0 N–H and O–H groups in total. The van der Waals surface area contributed by atoms with Gasteiger partial charge in [-0.15, -0.1) is 0 Å². The highest BCUT2D eigenvalue weighted by Crippen LogP contribution is 2.22. The molecule has 1 aromatic rings. The first-order chi connectivity index (χ1) is 6.36. The molecule has 2 aliphatic rings. The summed E-state index contributed by atoms with van der Waals surface area (Å²) >= 11 is 0. The van der Waals surface area contributed by atoms with Crippen molar-refractivity contribution in [3.05, 3.63) is 27.4 Å². The van der Waals surface area contributed by atoms with Gasteiger partial charge in [-0.25, -0.2) is 0 Å². The van der Waals surface area contributed by atoms with Crippen LogP contribution in [-0.2, 0) is 25.8 Å². The molecule has 1 aliphatic carbocycles. The van der Waals surface area contributed by atoms with Gasteiger partial charge in [0.05, 0.1) is 0 Å². The van der Waals surface area contributed by atoms with E-state index in [0.29, 0.717) is 0 Å². The fourth-order valence-corrected chi connectivity index (χ4v) is 2.51. The molecule has 3 rings (SSSR count). The maximum atomic E-state index is 11.5. The Morgan fingerprint density at radius 3 is 3.00 bits per heavy atom. The summed E-state index contributed by atoms with van der Waals surface area (Å²) in [6.07, 6.45) is 5.31. The quantitative estimate of drug-likeness (QED) is 0.582. The largest absolute Gasteiger partial charge is 0.333 e. The molecule has 0 fully saturated rings. The van der Waals surface area contributed by atoms with Crippen LogP contribution in [0.4, 0.5) is 0 Å². The zero-order valence-electron chi connectivity index (χ0n) is 7.55. The predicted molar refractivity (Wildman–Crippen MR) is 48.8 cm³/mol. The van der Waals surface area contributed by atoms with E-state index in [1.807, 2.05) is 0 Å². The zero-order chi connectivity index (χ0) is 8.84. The Bertz CT molecular complexity index is 420. The molecule has 0 spiro atoms. The van der Waals surface area contributed by atoms with Crippen molar-refractivity contribution >= 4 is 0 Å². The van der Waals surface area contributed by atoms with Crippen molar-refractivity contribution in [2.45, 2.75) is 38.6 Å². The second-order valence-electron chi connectivity index (χ2n) is 3.87. The Labute approximate surface area is 76.4 Å². The van der Waals surface area contributed by atoms with Crippen LogP contribution in [0.25, 0.3) is 0 Å². The lowest BCUT2D eigenvalue weighted by atomic mass is 10.2. The molecule has 3 heteroatoms. The lowest BCUT2D eigenvalue weighted by molar-refractivity contribution is 0.691. The van der Waals surface area contributed by atoms with E-state index in [1.165, 1.54) is 5.69 Å². The van der Waals surface area contributed by atoms with Gasteiger partial charge in [0.15, 0.2) is 0 Å². The van der Waals surface area contributed by atoms with Gasteiger partial charge in [-0.2, -0.15) is 4.98 Å². The van der Waals surface area contributed by atoms with Gasteiger partial charge in [0, 0.05) is 24.2 Å². The molecule has 1 aliphatic heterocycles. The Morgan fingerprint density at radius 2 is 2.08 bits per heavy atom. The molecule has 0 radical (unpaired) electrons. The summed E-state index contributed by atoms with van der Waals surface area (Å²) in [5, 5.41) is 0. The first-order valence-electron chi connectivity index (χ1n) is 4.98. The number of aromatic nitrogens is 2. The standard InChI is InChI=1S/C10H12N2O/c13-10-7-3-1-4-8(7)12-6-2-5-9(12)11-10/h1-6H2. The molecule has 3 nitrogen and oxygen atoms in total. The maximum Gasteiger partial charge on any atom is 0.276 e. The molecule has 0 atom stereocenters. The van der Waals surface area contributed by atoms with Gasteiger partial charge in [-0.05, 0) is 25.7 Å². The normalized spacial score (nSPS) is 18.8. The van der Waals surface area contributed by atoms with Crippen molar-refractivity contribution < 1.29 is 0 Å². The highest BCUT2D eigenvalue weighted by molar-refractivity contribution is 5.25. The van der Waals surface area contributed by atoms with Gasteiger partial charge in [-0.1, -0.05) is 0 Å². The Hall–Kier alpha value is -1.12. The monoisotopic (exact) mass is 176 g/mol. The number of aryl methyl sites for hydroxylation is 1. The summed E-state index contributed by atoms with van der Waals surface area (Å²) in [5.41, 5.74) is 2.32. The van der Waals surface area contributed by atoms with Crippen LogP contribution in [0, 0.1) is 0 Å². The van der Waals surface area contributed by atoms with Gasteiger partial charge >= 0.3 is 0 Å². The molecule has 0 saturated carbocycles. The predicted octanol–water partition coefficient (Wildman–Crippen LogP) is 0.678. The second kappa shape index (κ2) is 2.44.